The molecule has 1 aromatic rings. The van der Waals surface area contributed by atoms with Gasteiger partial charge in [-0.2, -0.15) is 0 Å². The average molecular weight is 273 g/mol. The molecule has 3 atom stereocenters. The molecule has 0 bridgehead atoms. The predicted octanol–water partition coefficient (Wildman–Crippen LogP) is 3.21. The fourth-order valence-electron chi connectivity index (χ4n) is 3.23. The maximum Gasteiger partial charge on any atom is 0.234 e. The molecular formula is C17H23NO2. The molecule has 0 spiro atoms. The first-order valence-corrected chi connectivity index (χ1v) is 7.56. The van der Waals surface area contributed by atoms with Gasteiger partial charge in [0.2, 0.25) is 5.91 Å². The number of hydrogen-bond donors (Lipinski definition) is 0. The summed E-state index contributed by atoms with van der Waals surface area (Å²) >= 11 is 0. The van der Waals surface area contributed by atoms with Crippen LogP contribution in [-0.2, 0) is 9.59 Å². The molecule has 0 radical (unpaired) electrons. The van der Waals surface area contributed by atoms with Crippen LogP contribution in [0.5, 0.6) is 0 Å². The van der Waals surface area contributed by atoms with Gasteiger partial charge in [0.25, 0.3) is 0 Å². The second kappa shape index (κ2) is 6.21. The number of carbonyl (C=O) groups excluding carboxylic acids is 2. The van der Waals surface area contributed by atoms with Crippen molar-refractivity contribution in [3.63, 3.8) is 0 Å². The number of hydrogen-bond acceptors (Lipinski definition) is 2. The topological polar surface area (TPSA) is 37.4 Å². The van der Waals surface area contributed by atoms with Gasteiger partial charge in [0.05, 0.1) is 6.04 Å². The zero-order chi connectivity index (χ0) is 14.7. The van der Waals surface area contributed by atoms with Gasteiger partial charge in [-0.25, -0.2) is 0 Å². The summed E-state index contributed by atoms with van der Waals surface area (Å²) in [6, 6.07) is 10.1. The fourth-order valence-corrected chi connectivity index (χ4v) is 3.23. The van der Waals surface area contributed by atoms with Crippen LogP contribution in [0.15, 0.2) is 30.3 Å². The quantitative estimate of drug-likeness (QED) is 0.776. The minimum Gasteiger partial charge on any atom is -0.335 e. The van der Waals surface area contributed by atoms with E-state index in [0.29, 0.717) is 6.42 Å². The second-order valence-electron chi connectivity index (χ2n) is 5.32. The van der Waals surface area contributed by atoms with E-state index in [-0.39, 0.29) is 29.6 Å². The molecule has 1 amide bonds. The second-order valence-corrected chi connectivity index (χ2v) is 5.32. The molecule has 1 aliphatic carbocycles. The number of rotatable bonds is 2. The van der Waals surface area contributed by atoms with E-state index >= 15 is 0 Å². The van der Waals surface area contributed by atoms with Crippen molar-refractivity contribution in [2.75, 3.05) is 6.54 Å². The first-order valence-electron chi connectivity index (χ1n) is 7.56. The van der Waals surface area contributed by atoms with Crippen LogP contribution < -0.4 is 0 Å². The number of benzene rings is 1. The van der Waals surface area contributed by atoms with Crippen LogP contribution >= 0.6 is 0 Å². The minimum atomic E-state index is -0.337. The Bertz CT molecular complexity index is 483. The summed E-state index contributed by atoms with van der Waals surface area (Å²) in [4.78, 5) is 25.9. The molecule has 1 heterocycles. The largest absolute Gasteiger partial charge is 0.335 e. The molecule has 2 aliphatic rings. The molecule has 0 aromatic heterocycles. The van der Waals surface area contributed by atoms with Crippen molar-refractivity contribution in [3.05, 3.63) is 35.9 Å². The third-order valence-electron chi connectivity index (χ3n) is 4.31. The molecule has 20 heavy (non-hydrogen) atoms. The molecule has 3 heteroatoms. The Hall–Kier alpha value is -1.64. The van der Waals surface area contributed by atoms with E-state index < -0.39 is 0 Å². The zero-order valence-electron chi connectivity index (χ0n) is 12.5. The summed E-state index contributed by atoms with van der Waals surface area (Å²) in [7, 11) is 0. The highest BCUT2D eigenvalue weighted by Gasteiger charge is 2.49. The van der Waals surface area contributed by atoms with Gasteiger partial charge in [0, 0.05) is 13.0 Å². The van der Waals surface area contributed by atoms with Crippen molar-refractivity contribution in [2.45, 2.75) is 39.7 Å². The lowest BCUT2D eigenvalue weighted by molar-refractivity contribution is -0.137. The van der Waals surface area contributed by atoms with Gasteiger partial charge >= 0.3 is 0 Å². The van der Waals surface area contributed by atoms with Gasteiger partial charge in [0.15, 0.2) is 0 Å². The van der Waals surface area contributed by atoms with E-state index in [1.807, 2.05) is 56.0 Å². The monoisotopic (exact) mass is 273 g/mol. The van der Waals surface area contributed by atoms with Gasteiger partial charge < -0.3 is 4.90 Å². The lowest BCUT2D eigenvalue weighted by Gasteiger charge is -2.25. The van der Waals surface area contributed by atoms with Crippen molar-refractivity contribution >= 4 is 11.7 Å². The van der Waals surface area contributed by atoms with Crippen molar-refractivity contribution in [2.24, 2.45) is 11.8 Å². The number of likely N-dealkylation sites (tertiary alicyclic amines) is 1. The predicted molar refractivity (Wildman–Crippen MR) is 79.1 cm³/mol. The number of Topliss-reactive ketones (excluding diaryl/α,β-unsaturated/α-hetero) is 1. The smallest absolute Gasteiger partial charge is 0.234 e. The molecule has 1 saturated carbocycles. The third-order valence-corrected chi connectivity index (χ3v) is 4.31. The number of nitrogens with zero attached hydrogens (tertiary/aromatic N) is 1. The number of carbonyl (C=O) groups is 2. The summed E-state index contributed by atoms with van der Waals surface area (Å²) < 4.78 is 0. The fraction of sp³-hybridized carbons (Fsp3) is 0.529. The molecule has 3 nitrogen and oxygen atoms in total. The van der Waals surface area contributed by atoms with Crippen LogP contribution in [0.2, 0.25) is 0 Å². The zero-order valence-corrected chi connectivity index (χ0v) is 12.5. The van der Waals surface area contributed by atoms with Crippen LogP contribution in [0, 0.1) is 11.8 Å². The molecule has 2 fully saturated rings. The molecule has 0 N–H and O–H groups in total. The van der Waals surface area contributed by atoms with Crippen molar-refractivity contribution in [1.82, 2.24) is 4.90 Å². The Morgan fingerprint density at radius 1 is 1.15 bits per heavy atom. The van der Waals surface area contributed by atoms with E-state index in [0.717, 1.165) is 18.5 Å². The van der Waals surface area contributed by atoms with Gasteiger partial charge in [-0.3, -0.25) is 9.59 Å². The standard InChI is InChI=1S/C15H17NO2.C2H6/c1-10(11-5-3-2-4-6-11)16-9-12-7-8-13(17)14(12)15(16)18;1-2/h2-6,10,12,14H,7-9H2,1H3;1-2H3. The highest BCUT2D eigenvalue weighted by atomic mass is 16.2. The molecule has 1 aliphatic heterocycles. The first kappa shape index (κ1) is 14.8. The van der Waals surface area contributed by atoms with Crippen LogP contribution in [0.25, 0.3) is 0 Å². The lowest BCUT2D eigenvalue weighted by atomic mass is 10.00. The van der Waals surface area contributed by atoms with Crippen LogP contribution in [0.3, 0.4) is 0 Å². The minimum absolute atomic E-state index is 0.0406. The molecule has 1 aromatic carbocycles. The van der Waals surface area contributed by atoms with Gasteiger partial charge in [-0.1, -0.05) is 44.2 Å². The van der Waals surface area contributed by atoms with Crippen molar-refractivity contribution in [3.8, 4) is 0 Å². The SMILES string of the molecule is CC.CC(c1ccccc1)N1CC2CCC(=O)C2C1=O. The number of fused-ring (bicyclic) bond motifs is 1. The molecule has 108 valence electrons. The lowest BCUT2D eigenvalue weighted by Crippen LogP contribution is -2.32. The summed E-state index contributed by atoms with van der Waals surface area (Å²) in [5, 5.41) is 0. The van der Waals surface area contributed by atoms with Crippen molar-refractivity contribution in [1.29, 1.82) is 0 Å². The summed E-state index contributed by atoms with van der Waals surface area (Å²) in [5.74, 6) is 0.110. The van der Waals surface area contributed by atoms with Crippen LogP contribution in [0.1, 0.15) is 45.2 Å². The molecule has 3 unspecified atom stereocenters. The van der Waals surface area contributed by atoms with Gasteiger partial charge in [-0.05, 0) is 24.8 Å². The van der Waals surface area contributed by atoms with Crippen LogP contribution in [-0.4, -0.2) is 23.1 Å². The summed E-state index contributed by atoms with van der Waals surface area (Å²) in [6.07, 6.45) is 1.47. The molecule has 3 rings (SSSR count). The Balaban J connectivity index is 0.000000704. The Morgan fingerprint density at radius 3 is 2.40 bits per heavy atom. The summed E-state index contributed by atoms with van der Waals surface area (Å²) in [6.45, 7) is 6.78. The Morgan fingerprint density at radius 2 is 1.80 bits per heavy atom. The third kappa shape index (κ3) is 2.49. The Labute approximate surface area is 121 Å². The van der Waals surface area contributed by atoms with Crippen LogP contribution in [0.4, 0.5) is 0 Å². The van der Waals surface area contributed by atoms with E-state index in [1.54, 1.807) is 0 Å². The Kier molecular flexibility index (Phi) is 4.58. The van der Waals surface area contributed by atoms with E-state index in [9.17, 15) is 9.59 Å². The maximum absolute atomic E-state index is 12.3. The normalized spacial score (nSPS) is 26.1. The molecular weight excluding hydrogens is 250 g/mol. The maximum atomic E-state index is 12.3. The highest BCUT2D eigenvalue weighted by Crippen LogP contribution is 2.39. The van der Waals surface area contributed by atoms with E-state index in [1.165, 1.54) is 0 Å². The number of ketones is 1. The van der Waals surface area contributed by atoms with Crippen molar-refractivity contribution < 1.29 is 9.59 Å². The number of amides is 1. The van der Waals surface area contributed by atoms with E-state index in [2.05, 4.69) is 0 Å². The van der Waals surface area contributed by atoms with Gasteiger partial charge in [0.1, 0.15) is 11.7 Å². The first-order chi connectivity index (χ1) is 9.68. The molecule has 1 saturated heterocycles. The van der Waals surface area contributed by atoms with Gasteiger partial charge in [-0.15, -0.1) is 0 Å². The highest BCUT2D eigenvalue weighted by molar-refractivity contribution is 6.04. The average Bonchev–Trinajstić information content (AvgIpc) is 3.03. The van der Waals surface area contributed by atoms with E-state index in [4.69, 9.17) is 0 Å². The summed E-state index contributed by atoms with van der Waals surface area (Å²) in [5.41, 5.74) is 1.14.